The Bertz CT molecular complexity index is 1780. The first-order valence-electron chi connectivity index (χ1n) is 18.3. The van der Waals surface area contributed by atoms with Gasteiger partial charge in [0.05, 0.1) is 25.3 Å². The number of carbonyl (C=O) groups excluding carboxylic acids is 1. The lowest BCUT2D eigenvalue weighted by atomic mass is 9.90. The number of amides is 2. The maximum atomic E-state index is 15.4. The fourth-order valence-corrected chi connectivity index (χ4v) is 7.84. The molecule has 2 N–H and O–H groups in total. The second-order valence-corrected chi connectivity index (χ2v) is 14.6. The van der Waals surface area contributed by atoms with E-state index in [-0.39, 0.29) is 19.2 Å². The van der Waals surface area contributed by atoms with Crippen molar-refractivity contribution >= 4 is 6.03 Å². The molecule has 4 heterocycles. The van der Waals surface area contributed by atoms with Gasteiger partial charge in [0.1, 0.15) is 38.6 Å². The number of aliphatic hydroxyl groups excluding tert-OH is 2. The van der Waals surface area contributed by atoms with E-state index in [9.17, 15) is 10.2 Å². The summed E-state index contributed by atoms with van der Waals surface area (Å²) in [4.78, 5) is 19.3. The largest absolute Gasteiger partial charge is 0.486 e. The Labute approximate surface area is 309 Å². The normalized spacial score (nSPS) is 23.1. The van der Waals surface area contributed by atoms with E-state index in [4.69, 9.17) is 28.4 Å². The van der Waals surface area contributed by atoms with Crippen LogP contribution >= 0.6 is 0 Å². The Morgan fingerprint density at radius 2 is 0.906 bits per heavy atom. The molecule has 278 valence electrons. The highest BCUT2D eigenvalue weighted by molar-refractivity contribution is 5.76. The van der Waals surface area contributed by atoms with E-state index in [1.54, 1.807) is 0 Å². The van der Waals surface area contributed by atoms with Crippen molar-refractivity contribution in [2.75, 3.05) is 26.4 Å². The lowest BCUT2D eigenvalue weighted by Crippen LogP contribution is -2.51. The van der Waals surface area contributed by atoms with Crippen molar-refractivity contribution in [3.63, 3.8) is 0 Å². The number of carbonyl (C=O) groups is 1. The first-order valence-corrected chi connectivity index (χ1v) is 18.3. The third kappa shape index (κ3) is 7.52. The molecule has 4 atom stereocenters. The van der Waals surface area contributed by atoms with Crippen LogP contribution in [0, 0.1) is 0 Å². The molecule has 0 spiro atoms. The van der Waals surface area contributed by atoms with Crippen molar-refractivity contribution in [3.8, 4) is 23.0 Å². The van der Waals surface area contributed by atoms with Gasteiger partial charge >= 0.3 is 6.03 Å². The number of hydrogen-bond acceptors (Lipinski definition) is 9. The molecule has 0 bridgehead atoms. The second-order valence-electron chi connectivity index (χ2n) is 14.6. The second kappa shape index (κ2) is 14.9. The maximum absolute atomic E-state index is 15.4. The van der Waals surface area contributed by atoms with Gasteiger partial charge in [-0.2, -0.15) is 0 Å². The highest BCUT2D eigenvalue weighted by Crippen LogP contribution is 2.42. The predicted molar refractivity (Wildman–Crippen MR) is 195 cm³/mol. The summed E-state index contributed by atoms with van der Waals surface area (Å²) >= 11 is 0. The predicted octanol–water partition coefficient (Wildman–Crippen LogP) is 5.39. The van der Waals surface area contributed by atoms with E-state index in [0.29, 0.717) is 75.4 Å². The number of ether oxygens (including phenoxy) is 6. The van der Waals surface area contributed by atoms with Crippen molar-refractivity contribution < 1.29 is 43.4 Å². The Morgan fingerprint density at radius 1 is 0.547 bits per heavy atom. The summed E-state index contributed by atoms with van der Waals surface area (Å²) in [5.41, 5.74) is 5.41. The summed E-state index contributed by atoms with van der Waals surface area (Å²) in [5, 5.41) is 19.5. The van der Waals surface area contributed by atoms with Gasteiger partial charge in [0.2, 0.25) is 0 Å². The van der Waals surface area contributed by atoms with Crippen LogP contribution in [0.2, 0.25) is 0 Å². The quantitative estimate of drug-likeness (QED) is 0.222. The van der Waals surface area contributed by atoms with Gasteiger partial charge < -0.3 is 48.4 Å². The van der Waals surface area contributed by atoms with Crippen LogP contribution in [0.3, 0.4) is 0 Å². The van der Waals surface area contributed by atoms with Crippen molar-refractivity contribution in [1.82, 2.24) is 9.80 Å². The van der Waals surface area contributed by atoms with Crippen LogP contribution in [0.4, 0.5) is 4.79 Å². The average Bonchev–Trinajstić information content (AvgIpc) is 3.49. The van der Waals surface area contributed by atoms with E-state index < -0.39 is 30.1 Å². The molecule has 0 aromatic heterocycles. The summed E-state index contributed by atoms with van der Waals surface area (Å²) in [6.45, 7) is 6.30. The Balaban J connectivity index is 1.24. The number of nitrogens with zero attached hydrogens (tertiary/aromatic N) is 2. The topological polar surface area (TPSA) is 119 Å². The zero-order chi connectivity index (χ0) is 36.5. The molecule has 4 aromatic carbocycles. The minimum Gasteiger partial charge on any atom is -0.486 e. The van der Waals surface area contributed by atoms with E-state index in [1.165, 1.54) is 0 Å². The van der Waals surface area contributed by atoms with Crippen molar-refractivity contribution in [3.05, 3.63) is 118 Å². The number of aliphatic hydroxyl groups is 2. The van der Waals surface area contributed by atoms with Gasteiger partial charge in [-0.05, 0) is 84.3 Å². The van der Waals surface area contributed by atoms with Gasteiger partial charge in [-0.15, -0.1) is 0 Å². The molecule has 4 aliphatic rings. The van der Waals surface area contributed by atoms with Gasteiger partial charge in [-0.25, -0.2) is 4.79 Å². The average molecular weight is 723 g/mol. The molecular formula is C42H46N2O9. The molecule has 0 aliphatic carbocycles. The molecule has 0 saturated carbocycles. The molecular weight excluding hydrogens is 676 g/mol. The molecule has 2 fully saturated rings. The minimum atomic E-state index is -0.922. The van der Waals surface area contributed by atoms with Crippen molar-refractivity contribution in [2.45, 2.75) is 83.1 Å². The van der Waals surface area contributed by atoms with E-state index >= 15 is 4.79 Å². The molecule has 2 saturated heterocycles. The third-order valence-electron chi connectivity index (χ3n) is 10.4. The summed E-state index contributed by atoms with van der Waals surface area (Å²) in [6.07, 6.45) is -0.0354. The third-order valence-corrected chi connectivity index (χ3v) is 10.4. The van der Waals surface area contributed by atoms with E-state index in [2.05, 4.69) is 0 Å². The van der Waals surface area contributed by atoms with Crippen LogP contribution in [-0.4, -0.2) is 82.6 Å². The van der Waals surface area contributed by atoms with Crippen LogP contribution in [-0.2, 0) is 48.6 Å². The number of benzene rings is 4. The molecule has 11 nitrogen and oxygen atoms in total. The monoisotopic (exact) mass is 722 g/mol. The first kappa shape index (κ1) is 35.2. The Kier molecular flexibility index (Phi) is 9.91. The van der Waals surface area contributed by atoms with E-state index in [0.717, 1.165) is 33.4 Å². The fourth-order valence-electron chi connectivity index (χ4n) is 7.84. The maximum Gasteiger partial charge on any atom is 0.321 e. The minimum absolute atomic E-state index is 0.0654. The van der Waals surface area contributed by atoms with Gasteiger partial charge in [0.25, 0.3) is 0 Å². The summed E-state index contributed by atoms with van der Waals surface area (Å²) in [5.74, 6) is 1.86. The number of fused-ring (bicyclic) bond motifs is 3. The van der Waals surface area contributed by atoms with Gasteiger partial charge in [-0.1, -0.05) is 60.7 Å². The van der Waals surface area contributed by atoms with Crippen LogP contribution in [0.15, 0.2) is 84.9 Å². The van der Waals surface area contributed by atoms with Crippen LogP contribution in [0.25, 0.3) is 0 Å². The smallest absolute Gasteiger partial charge is 0.321 e. The molecule has 2 amide bonds. The molecule has 8 rings (SSSR count). The number of rotatable bonds is 10. The molecule has 53 heavy (non-hydrogen) atoms. The molecule has 4 aromatic rings. The molecule has 0 radical (unpaired) electrons. The van der Waals surface area contributed by atoms with Gasteiger partial charge in [-0.3, -0.25) is 0 Å². The van der Waals surface area contributed by atoms with Crippen LogP contribution < -0.4 is 18.9 Å². The van der Waals surface area contributed by atoms with Gasteiger partial charge in [0.15, 0.2) is 28.8 Å². The number of urea groups is 1. The lowest BCUT2D eigenvalue weighted by Gasteiger charge is -2.37. The molecule has 0 unspecified atom stereocenters. The standard InChI is InChI=1S/C42H46N2O9/c1-42(2)52-39-33(19-31-11-13-35-37(21-31)50-17-15-48-35)43(23-27-3-7-29(25-45)8-4-27)41(47)44(24-28-5-9-30(26-46)10-6-28)34(40(39)53-42)20-32-12-14-36-38(22-32)51-18-16-49-36/h3-14,21-22,33-34,39-40,45-46H,15-20,23-26H2,1-2H3/t33-,34-,39+,40+/m1/s1. The Hall–Kier alpha value is -4.81. The van der Waals surface area contributed by atoms with Gasteiger partial charge in [0, 0.05) is 13.1 Å². The van der Waals surface area contributed by atoms with Crippen LogP contribution in [0.1, 0.15) is 47.2 Å². The van der Waals surface area contributed by atoms with Crippen LogP contribution in [0.5, 0.6) is 23.0 Å². The number of hydrogen-bond donors (Lipinski definition) is 2. The summed E-state index contributed by atoms with van der Waals surface area (Å²) in [7, 11) is 0. The SMILES string of the molecule is CC1(C)O[C@@H]2[C@@H](O1)[C@@H](Cc1ccc3c(c1)OCCO3)N(Cc1ccc(CO)cc1)C(=O)N(Cc1ccc(CO)cc1)[C@@H]2Cc1ccc2c(c1)OCCO2. The zero-order valence-electron chi connectivity index (χ0n) is 30.1. The summed E-state index contributed by atoms with van der Waals surface area (Å²) in [6, 6.07) is 26.3. The van der Waals surface area contributed by atoms with Crippen molar-refractivity contribution in [2.24, 2.45) is 0 Å². The Morgan fingerprint density at radius 3 is 1.30 bits per heavy atom. The van der Waals surface area contributed by atoms with Crippen molar-refractivity contribution in [1.29, 1.82) is 0 Å². The highest BCUT2D eigenvalue weighted by Gasteiger charge is 2.55. The zero-order valence-corrected chi connectivity index (χ0v) is 30.1. The molecule has 11 heteroatoms. The first-order chi connectivity index (χ1) is 25.8. The van der Waals surface area contributed by atoms with E-state index in [1.807, 2.05) is 109 Å². The highest BCUT2D eigenvalue weighted by atomic mass is 16.8. The summed E-state index contributed by atoms with van der Waals surface area (Å²) < 4.78 is 37.3. The lowest BCUT2D eigenvalue weighted by molar-refractivity contribution is -0.157. The fraction of sp³-hybridized carbons (Fsp3) is 0.405. The molecule has 4 aliphatic heterocycles.